The van der Waals surface area contributed by atoms with Crippen LogP contribution < -0.4 is 15.8 Å². The standard InChI is InChI=1S/C13H11F3N2O/c14-8-5-6-10(9(17)7-8)18-11-3-1-2-4-12(11)19-13(15)16/h1-7,13,18H,17H2. The van der Waals surface area contributed by atoms with E-state index in [0.717, 1.165) is 6.07 Å². The van der Waals surface area contributed by atoms with Gasteiger partial charge in [-0.3, -0.25) is 0 Å². The molecular formula is C13H11F3N2O. The van der Waals surface area contributed by atoms with Crippen molar-refractivity contribution < 1.29 is 17.9 Å². The second-order valence-corrected chi connectivity index (χ2v) is 3.73. The Kier molecular flexibility index (Phi) is 3.79. The molecule has 0 aliphatic rings. The molecule has 0 aliphatic carbocycles. The topological polar surface area (TPSA) is 47.3 Å². The van der Waals surface area contributed by atoms with Crippen LogP contribution in [0, 0.1) is 5.82 Å². The largest absolute Gasteiger partial charge is 0.433 e. The molecule has 3 N–H and O–H groups in total. The van der Waals surface area contributed by atoms with E-state index >= 15 is 0 Å². The third-order valence-electron chi connectivity index (χ3n) is 2.39. The number of para-hydroxylation sites is 2. The normalized spacial score (nSPS) is 10.5. The summed E-state index contributed by atoms with van der Waals surface area (Å²) in [6, 6.07) is 9.95. The van der Waals surface area contributed by atoms with Crippen molar-refractivity contribution in [2.75, 3.05) is 11.1 Å². The minimum Gasteiger partial charge on any atom is -0.433 e. The molecule has 19 heavy (non-hydrogen) atoms. The molecule has 0 saturated carbocycles. The zero-order chi connectivity index (χ0) is 13.8. The van der Waals surface area contributed by atoms with Crippen LogP contribution in [-0.2, 0) is 0 Å². The maximum atomic E-state index is 12.9. The highest BCUT2D eigenvalue weighted by Gasteiger charge is 2.10. The number of rotatable bonds is 4. The number of nitrogen functional groups attached to an aromatic ring is 1. The van der Waals surface area contributed by atoms with Crippen LogP contribution in [0.1, 0.15) is 0 Å². The van der Waals surface area contributed by atoms with Crippen molar-refractivity contribution >= 4 is 17.1 Å². The number of nitrogens with two attached hydrogens (primary N) is 1. The number of hydrogen-bond acceptors (Lipinski definition) is 3. The zero-order valence-corrected chi connectivity index (χ0v) is 9.74. The zero-order valence-electron chi connectivity index (χ0n) is 9.74. The van der Waals surface area contributed by atoms with Gasteiger partial charge in [0.15, 0.2) is 0 Å². The van der Waals surface area contributed by atoms with Gasteiger partial charge in [0.05, 0.1) is 17.1 Å². The van der Waals surface area contributed by atoms with Gasteiger partial charge in [0.1, 0.15) is 11.6 Å². The SMILES string of the molecule is Nc1cc(F)ccc1Nc1ccccc1OC(F)F. The summed E-state index contributed by atoms with van der Waals surface area (Å²) in [5, 5.41) is 2.82. The van der Waals surface area contributed by atoms with Gasteiger partial charge in [-0.05, 0) is 30.3 Å². The molecule has 2 aromatic rings. The van der Waals surface area contributed by atoms with Crippen LogP contribution in [0.2, 0.25) is 0 Å². The second kappa shape index (κ2) is 5.51. The fourth-order valence-corrected chi connectivity index (χ4v) is 1.56. The van der Waals surface area contributed by atoms with Crippen LogP contribution in [0.3, 0.4) is 0 Å². The Morgan fingerprint density at radius 1 is 1.05 bits per heavy atom. The van der Waals surface area contributed by atoms with Gasteiger partial charge in [0.2, 0.25) is 0 Å². The van der Waals surface area contributed by atoms with Crippen LogP contribution in [0.25, 0.3) is 0 Å². The molecule has 0 radical (unpaired) electrons. The number of halogens is 3. The number of ether oxygens (including phenoxy) is 1. The van der Waals surface area contributed by atoms with E-state index in [1.807, 2.05) is 0 Å². The van der Waals surface area contributed by atoms with E-state index in [0.29, 0.717) is 11.4 Å². The average molecular weight is 268 g/mol. The van der Waals surface area contributed by atoms with E-state index in [-0.39, 0.29) is 11.4 Å². The molecule has 0 bridgehead atoms. The van der Waals surface area contributed by atoms with Crippen LogP contribution in [0.5, 0.6) is 5.75 Å². The Morgan fingerprint density at radius 2 is 1.79 bits per heavy atom. The molecule has 0 unspecified atom stereocenters. The third kappa shape index (κ3) is 3.31. The van der Waals surface area contributed by atoms with Gasteiger partial charge in [-0.2, -0.15) is 8.78 Å². The van der Waals surface area contributed by atoms with Crippen molar-refractivity contribution in [3.05, 3.63) is 48.3 Å². The summed E-state index contributed by atoms with van der Waals surface area (Å²) in [5.74, 6) is -0.485. The van der Waals surface area contributed by atoms with Crippen LogP contribution in [0.4, 0.5) is 30.2 Å². The Hall–Kier alpha value is -2.37. The Morgan fingerprint density at radius 3 is 2.47 bits per heavy atom. The van der Waals surface area contributed by atoms with Gasteiger partial charge in [-0.15, -0.1) is 0 Å². The highest BCUT2D eigenvalue weighted by atomic mass is 19.3. The minimum absolute atomic E-state index is 0.0128. The van der Waals surface area contributed by atoms with Gasteiger partial charge in [-0.1, -0.05) is 12.1 Å². The maximum absolute atomic E-state index is 12.9. The Labute approximate surface area is 107 Å². The number of hydrogen-bond donors (Lipinski definition) is 2. The number of anilines is 3. The first-order chi connectivity index (χ1) is 9.06. The highest BCUT2D eigenvalue weighted by Crippen LogP contribution is 2.31. The van der Waals surface area contributed by atoms with Gasteiger partial charge in [-0.25, -0.2) is 4.39 Å². The predicted molar refractivity (Wildman–Crippen MR) is 67.2 cm³/mol. The summed E-state index contributed by atoms with van der Waals surface area (Å²) in [6.45, 7) is -2.92. The van der Waals surface area contributed by atoms with E-state index in [1.165, 1.54) is 18.2 Å². The first-order valence-electron chi connectivity index (χ1n) is 5.42. The lowest BCUT2D eigenvalue weighted by Gasteiger charge is -2.13. The maximum Gasteiger partial charge on any atom is 0.387 e. The smallest absolute Gasteiger partial charge is 0.387 e. The average Bonchev–Trinajstić information content (AvgIpc) is 2.34. The minimum atomic E-state index is -2.92. The van der Waals surface area contributed by atoms with Crippen molar-refractivity contribution in [1.29, 1.82) is 0 Å². The number of nitrogens with one attached hydrogen (secondary N) is 1. The lowest BCUT2D eigenvalue weighted by molar-refractivity contribution is -0.0493. The molecule has 2 aromatic carbocycles. The molecule has 2 rings (SSSR count). The third-order valence-corrected chi connectivity index (χ3v) is 2.39. The summed E-state index contributed by atoms with van der Waals surface area (Å²) < 4.78 is 41.8. The Bertz CT molecular complexity index is 576. The molecule has 0 aliphatic heterocycles. The molecule has 0 atom stereocenters. The van der Waals surface area contributed by atoms with E-state index in [4.69, 9.17) is 5.73 Å². The molecule has 0 spiro atoms. The van der Waals surface area contributed by atoms with Crippen molar-refractivity contribution in [2.24, 2.45) is 0 Å². The van der Waals surface area contributed by atoms with Crippen molar-refractivity contribution in [3.8, 4) is 5.75 Å². The molecule has 100 valence electrons. The molecule has 3 nitrogen and oxygen atoms in total. The first kappa shape index (κ1) is 13.1. The van der Waals surface area contributed by atoms with Gasteiger partial charge >= 0.3 is 6.61 Å². The van der Waals surface area contributed by atoms with Crippen LogP contribution >= 0.6 is 0 Å². The summed E-state index contributed by atoms with van der Waals surface area (Å²) in [5.41, 5.74) is 6.53. The second-order valence-electron chi connectivity index (χ2n) is 3.73. The van der Waals surface area contributed by atoms with Crippen molar-refractivity contribution in [1.82, 2.24) is 0 Å². The fourth-order valence-electron chi connectivity index (χ4n) is 1.56. The molecule has 6 heteroatoms. The van der Waals surface area contributed by atoms with E-state index < -0.39 is 12.4 Å². The molecule has 0 aromatic heterocycles. The number of alkyl halides is 2. The monoisotopic (exact) mass is 268 g/mol. The molecule has 0 heterocycles. The van der Waals surface area contributed by atoms with Gasteiger partial charge in [0.25, 0.3) is 0 Å². The van der Waals surface area contributed by atoms with Crippen LogP contribution in [-0.4, -0.2) is 6.61 Å². The highest BCUT2D eigenvalue weighted by molar-refractivity contribution is 5.75. The lowest BCUT2D eigenvalue weighted by atomic mass is 10.2. The predicted octanol–water partition coefficient (Wildman–Crippen LogP) is 3.75. The summed E-state index contributed by atoms with van der Waals surface area (Å²) in [4.78, 5) is 0. The lowest BCUT2D eigenvalue weighted by Crippen LogP contribution is -2.05. The van der Waals surface area contributed by atoms with E-state index in [1.54, 1.807) is 18.2 Å². The molecule has 0 saturated heterocycles. The molecule has 0 amide bonds. The van der Waals surface area contributed by atoms with E-state index in [2.05, 4.69) is 10.1 Å². The Balaban J connectivity index is 2.27. The van der Waals surface area contributed by atoms with Crippen molar-refractivity contribution in [3.63, 3.8) is 0 Å². The van der Waals surface area contributed by atoms with Crippen LogP contribution in [0.15, 0.2) is 42.5 Å². The molecular weight excluding hydrogens is 257 g/mol. The first-order valence-corrected chi connectivity index (χ1v) is 5.42. The quantitative estimate of drug-likeness (QED) is 0.830. The summed E-state index contributed by atoms with van der Waals surface area (Å²) in [7, 11) is 0. The van der Waals surface area contributed by atoms with Crippen molar-refractivity contribution in [2.45, 2.75) is 6.61 Å². The fraction of sp³-hybridized carbons (Fsp3) is 0.0769. The summed E-state index contributed by atoms with van der Waals surface area (Å²) in [6.07, 6.45) is 0. The number of benzene rings is 2. The molecule has 0 fully saturated rings. The van der Waals surface area contributed by atoms with Gasteiger partial charge in [0, 0.05) is 0 Å². The van der Waals surface area contributed by atoms with E-state index in [9.17, 15) is 13.2 Å². The summed E-state index contributed by atoms with van der Waals surface area (Å²) >= 11 is 0. The van der Waals surface area contributed by atoms with Gasteiger partial charge < -0.3 is 15.8 Å².